The zero-order valence-electron chi connectivity index (χ0n) is 11.3. The summed E-state index contributed by atoms with van der Waals surface area (Å²) in [6.07, 6.45) is 3.66. The van der Waals surface area contributed by atoms with E-state index in [2.05, 4.69) is 10.3 Å². The van der Waals surface area contributed by atoms with Gasteiger partial charge in [-0.3, -0.25) is 10.1 Å². The van der Waals surface area contributed by atoms with Crippen LogP contribution >= 0.6 is 0 Å². The smallest absolute Gasteiger partial charge is 0.323 e. The minimum atomic E-state index is -0.824. The van der Waals surface area contributed by atoms with Crippen molar-refractivity contribution in [2.24, 2.45) is 0 Å². The summed E-state index contributed by atoms with van der Waals surface area (Å²) in [7, 11) is 0. The molecule has 0 amide bonds. The number of nitrogens with one attached hydrogen (secondary N) is 1. The number of carboxylic acids is 1. The molecule has 0 spiro atoms. The Labute approximate surface area is 120 Å². The molecule has 1 fully saturated rings. The van der Waals surface area contributed by atoms with E-state index >= 15 is 0 Å². The predicted molar refractivity (Wildman–Crippen MR) is 73.0 cm³/mol. The van der Waals surface area contributed by atoms with Crippen molar-refractivity contribution in [2.45, 2.75) is 31.3 Å². The lowest BCUT2D eigenvalue weighted by atomic mass is 9.77. The Morgan fingerprint density at radius 2 is 2.10 bits per heavy atom. The van der Waals surface area contributed by atoms with Crippen LogP contribution in [-0.2, 0) is 11.3 Å². The van der Waals surface area contributed by atoms with E-state index in [1.165, 1.54) is 18.4 Å². The van der Waals surface area contributed by atoms with E-state index in [1.54, 1.807) is 12.1 Å². The van der Waals surface area contributed by atoms with Gasteiger partial charge in [0.05, 0.1) is 5.69 Å². The van der Waals surface area contributed by atoms with Crippen LogP contribution < -0.4 is 5.32 Å². The monoisotopic (exact) mass is 290 g/mol. The fourth-order valence-corrected chi connectivity index (χ4v) is 2.37. The summed E-state index contributed by atoms with van der Waals surface area (Å²) in [6, 6.07) is 5.85. The van der Waals surface area contributed by atoms with Gasteiger partial charge in [-0.15, -0.1) is 0 Å². The molecule has 6 heteroatoms. The third-order valence-corrected chi connectivity index (χ3v) is 3.87. The lowest BCUT2D eigenvalue weighted by Gasteiger charge is -2.38. The second-order valence-corrected chi connectivity index (χ2v) is 5.25. The topological polar surface area (TPSA) is 75.4 Å². The molecule has 1 aromatic heterocycles. The number of aliphatic carboxylic acids is 1. The predicted octanol–water partition coefficient (Wildman–Crippen LogP) is 2.58. The van der Waals surface area contributed by atoms with Crippen molar-refractivity contribution in [3.8, 4) is 11.5 Å². The van der Waals surface area contributed by atoms with E-state index in [9.17, 15) is 14.3 Å². The van der Waals surface area contributed by atoms with Gasteiger partial charge in [-0.05, 0) is 43.5 Å². The number of oxazole rings is 1. The van der Waals surface area contributed by atoms with E-state index in [-0.39, 0.29) is 5.82 Å². The Hall–Kier alpha value is -2.21. The molecule has 1 aromatic carbocycles. The third kappa shape index (κ3) is 2.67. The van der Waals surface area contributed by atoms with Gasteiger partial charge in [0.15, 0.2) is 0 Å². The number of carboxylic acid groups (broad SMARTS) is 1. The van der Waals surface area contributed by atoms with Crippen LogP contribution in [0.15, 0.2) is 34.9 Å². The SMILES string of the molecule is O=C(O)C1(NCc2coc(-c3ccc(F)cc3)n2)CCC1. The highest BCUT2D eigenvalue weighted by Crippen LogP contribution is 2.32. The fraction of sp³-hybridized carbons (Fsp3) is 0.333. The Morgan fingerprint density at radius 1 is 1.38 bits per heavy atom. The van der Waals surface area contributed by atoms with Crippen LogP contribution in [0.5, 0.6) is 0 Å². The van der Waals surface area contributed by atoms with Gasteiger partial charge in [0.25, 0.3) is 0 Å². The average molecular weight is 290 g/mol. The maximum absolute atomic E-state index is 12.9. The quantitative estimate of drug-likeness (QED) is 0.885. The molecule has 5 nitrogen and oxygen atoms in total. The highest BCUT2D eigenvalue weighted by Gasteiger charge is 2.43. The minimum Gasteiger partial charge on any atom is -0.480 e. The number of rotatable bonds is 5. The Bertz CT molecular complexity index is 647. The zero-order chi connectivity index (χ0) is 14.9. The van der Waals surface area contributed by atoms with Crippen molar-refractivity contribution in [1.82, 2.24) is 10.3 Å². The molecule has 2 aromatic rings. The van der Waals surface area contributed by atoms with Gasteiger partial charge in [0.1, 0.15) is 17.6 Å². The Kier molecular flexibility index (Phi) is 3.47. The van der Waals surface area contributed by atoms with E-state index in [4.69, 9.17) is 4.42 Å². The highest BCUT2D eigenvalue weighted by atomic mass is 19.1. The van der Waals surface area contributed by atoms with Gasteiger partial charge in [-0.2, -0.15) is 0 Å². The number of carbonyl (C=O) groups is 1. The van der Waals surface area contributed by atoms with Gasteiger partial charge in [0, 0.05) is 12.1 Å². The summed E-state index contributed by atoms with van der Waals surface area (Å²) >= 11 is 0. The second kappa shape index (κ2) is 5.29. The molecule has 0 saturated heterocycles. The first-order valence-electron chi connectivity index (χ1n) is 6.78. The van der Waals surface area contributed by atoms with Crippen LogP contribution in [0.1, 0.15) is 25.0 Å². The van der Waals surface area contributed by atoms with E-state index in [0.29, 0.717) is 36.5 Å². The number of aromatic nitrogens is 1. The van der Waals surface area contributed by atoms with Crippen LogP contribution in [0.3, 0.4) is 0 Å². The lowest BCUT2D eigenvalue weighted by Crippen LogP contribution is -2.56. The number of hydrogen-bond donors (Lipinski definition) is 2. The maximum atomic E-state index is 12.9. The Morgan fingerprint density at radius 3 is 2.67 bits per heavy atom. The van der Waals surface area contributed by atoms with Crippen molar-refractivity contribution in [1.29, 1.82) is 0 Å². The molecule has 0 aliphatic heterocycles. The first kappa shape index (κ1) is 13.8. The summed E-state index contributed by atoms with van der Waals surface area (Å²) in [5.41, 5.74) is 0.482. The van der Waals surface area contributed by atoms with Crippen LogP contribution in [0.4, 0.5) is 4.39 Å². The number of halogens is 1. The Balaban J connectivity index is 1.68. The fourth-order valence-electron chi connectivity index (χ4n) is 2.37. The van der Waals surface area contributed by atoms with Gasteiger partial charge in [0.2, 0.25) is 5.89 Å². The van der Waals surface area contributed by atoms with Gasteiger partial charge in [-0.25, -0.2) is 9.37 Å². The van der Waals surface area contributed by atoms with Crippen LogP contribution in [0, 0.1) is 5.82 Å². The highest BCUT2D eigenvalue weighted by molar-refractivity contribution is 5.79. The summed E-state index contributed by atoms with van der Waals surface area (Å²) in [4.78, 5) is 15.5. The summed E-state index contributed by atoms with van der Waals surface area (Å²) in [5.74, 6) is -0.749. The second-order valence-electron chi connectivity index (χ2n) is 5.25. The van der Waals surface area contributed by atoms with Crippen molar-refractivity contribution in [3.05, 3.63) is 42.0 Å². The standard InChI is InChI=1S/C15H15FN2O3/c16-11-4-2-10(3-5-11)13-18-12(9-21-13)8-17-15(14(19)20)6-1-7-15/h2-5,9,17H,1,6-8H2,(H,19,20). The number of benzene rings is 1. The number of nitrogens with zero attached hydrogens (tertiary/aromatic N) is 1. The van der Waals surface area contributed by atoms with Gasteiger partial charge >= 0.3 is 5.97 Å². The van der Waals surface area contributed by atoms with Crippen LogP contribution in [-0.4, -0.2) is 21.6 Å². The van der Waals surface area contributed by atoms with Gasteiger partial charge < -0.3 is 9.52 Å². The normalized spacial score (nSPS) is 16.4. The average Bonchev–Trinajstić information content (AvgIpc) is 2.87. The largest absolute Gasteiger partial charge is 0.480 e. The zero-order valence-corrected chi connectivity index (χ0v) is 11.3. The molecule has 2 N–H and O–H groups in total. The molecule has 0 atom stereocenters. The molecule has 1 aliphatic rings. The number of hydrogen-bond acceptors (Lipinski definition) is 4. The van der Waals surface area contributed by atoms with E-state index in [1.807, 2.05) is 0 Å². The van der Waals surface area contributed by atoms with Crippen molar-refractivity contribution < 1.29 is 18.7 Å². The molecule has 110 valence electrons. The first-order chi connectivity index (χ1) is 10.1. The van der Waals surface area contributed by atoms with Crippen molar-refractivity contribution >= 4 is 5.97 Å². The molecular formula is C15H15FN2O3. The minimum absolute atomic E-state index is 0.319. The maximum Gasteiger partial charge on any atom is 0.323 e. The first-order valence-corrected chi connectivity index (χ1v) is 6.78. The molecule has 0 bridgehead atoms. The van der Waals surface area contributed by atoms with Crippen LogP contribution in [0.2, 0.25) is 0 Å². The molecule has 1 heterocycles. The molecule has 21 heavy (non-hydrogen) atoms. The molecule has 0 radical (unpaired) electrons. The summed E-state index contributed by atoms with van der Waals surface area (Å²) < 4.78 is 18.2. The summed E-state index contributed by atoms with van der Waals surface area (Å²) in [5, 5.41) is 12.3. The molecule has 1 saturated carbocycles. The third-order valence-electron chi connectivity index (χ3n) is 3.87. The summed E-state index contributed by atoms with van der Waals surface area (Å²) in [6.45, 7) is 0.330. The van der Waals surface area contributed by atoms with Crippen molar-refractivity contribution in [2.75, 3.05) is 0 Å². The lowest BCUT2D eigenvalue weighted by molar-refractivity contribution is -0.148. The molecule has 3 rings (SSSR count). The van der Waals surface area contributed by atoms with E-state index < -0.39 is 11.5 Å². The van der Waals surface area contributed by atoms with E-state index in [0.717, 1.165) is 6.42 Å². The molecule has 1 aliphatic carbocycles. The molecule has 0 unspecified atom stereocenters. The van der Waals surface area contributed by atoms with Crippen LogP contribution in [0.25, 0.3) is 11.5 Å². The molecular weight excluding hydrogens is 275 g/mol. The van der Waals surface area contributed by atoms with Crippen molar-refractivity contribution in [3.63, 3.8) is 0 Å². The van der Waals surface area contributed by atoms with Gasteiger partial charge in [-0.1, -0.05) is 0 Å².